The average Bonchev–Trinajstić information content (AvgIpc) is 2.46. The van der Waals surface area contributed by atoms with Crippen LogP contribution in [0.25, 0.3) is 0 Å². The average molecular weight is 277 g/mol. The van der Waals surface area contributed by atoms with Gasteiger partial charge in [-0.05, 0) is 36.8 Å². The summed E-state index contributed by atoms with van der Waals surface area (Å²) in [7, 11) is 1.99. The Morgan fingerprint density at radius 3 is 2.53 bits per heavy atom. The van der Waals surface area contributed by atoms with Crippen molar-refractivity contribution in [3.05, 3.63) is 58.7 Å². The molecule has 1 aromatic carbocycles. The molecule has 1 unspecified atom stereocenters. The summed E-state index contributed by atoms with van der Waals surface area (Å²) in [5, 5.41) is 9.87. The molecule has 0 aliphatic carbocycles. The van der Waals surface area contributed by atoms with Crippen LogP contribution in [0.15, 0.2) is 42.5 Å². The number of pyridine rings is 1. The molecule has 2 aromatic rings. The second kappa shape index (κ2) is 6.04. The van der Waals surface area contributed by atoms with Crippen LogP contribution < -0.4 is 4.90 Å². The predicted octanol–water partition coefficient (Wildman–Crippen LogP) is 3.42. The van der Waals surface area contributed by atoms with E-state index in [9.17, 15) is 0 Å². The molecule has 2 rings (SSSR count). The Kier molecular flexibility index (Phi) is 4.40. The van der Waals surface area contributed by atoms with Gasteiger partial charge in [0.2, 0.25) is 0 Å². The van der Waals surface area contributed by atoms with Gasteiger partial charge in [0, 0.05) is 12.1 Å². The molecule has 0 bridgehead atoms. The number of benzene rings is 1. The summed E-state index contributed by atoms with van der Waals surface area (Å²) in [5.41, 5.74) is 1.84. The zero-order valence-corrected chi connectivity index (χ0v) is 11.8. The topological polar surface area (TPSA) is 36.4 Å². The van der Waals surface area contributed by atoms with Crippen molar-refractivity contribution < 1.29 is 5.11 Å². The van der Waals surface area contributed by atoms with Gasteiger partial charge < -0.3 is 10.0 Å². The molecular formula is C15H17ClN2O. The van der Waals surface area contributed by atoms with Crippen LogP contribution in [0.1, 0.15) is 24.2 Å². The second-order valence-corrected chi connectivity index (χ2v) is 4.92. The molecule has 1 heterocycles. The van der Waals surface area contributed by atoms with Crippen LogP contribution in [0, 0.1) is 0 Å². The van der Waals surface area contributed by atoms with E-state index in [1.54, 1.807) is 0 Å². The predicted molar refractivity (Wildman–Crippen MR) is 78.4 cm³/mol. The molecule has 0 amide bonds. The highest BCUT2D eigenvalue weighted by Gasteiger charge is 2.13. The molecule has 4 heteroatoms. The SMILES string of the molecule is CC(c1ccc(Cl)cc1)N(C)c1cccc(CO)n1. The van der Waals surface area contributed by atoms with Crippen LogP contribution in [0.3, 0.4) is 0 Å². The van der Waals surface area contributed by atoms with E-state index in [1.165, 1.54) is 5.56 Å². The van der Waals surface area contributed by atoms with Gasteiger partial charge in [0.25, 0.3) is 0 Å². The van der Waals surface area contributed by atoms with E-state index in [0.717, 1.165) is 10.8 Å². The van der Waals surface area contributed by atoms with Crippen molar-refractivity contribution in [1.29, 1.82) is 0 Å². The maximum absolute atomic E-state index is 9.13. The molecule has 0 saturated carbocycles. The Hall–Kier alpha value is -1.58. The van der Waals surface area contributed by atoms with Crippen molar-refractivity contribution >= 4 is 17.4 Å². The molecule has 1 aromatic heterocycles. The molecule has 0 saturated heterocycles. The molecule has 19 heavy (non-hydrogen) atoms. The molecule has 0 fully saturated rings. The molecule has 0 spiro atoms. The summed E-state index contributed by atoms with van der Waals surface area (Å²) in [6.45, 7) is 2.06. The minimum Gasteiger partial charge on any atom is -0.390 e. The van der Waals surface area contributed by atoms with Gasteiger partial charge in [-0.15, -0.1) is 0 Å². The molecule has 3 nitrogen and oxygen atoms in total. The van der Waals surface area contributed by atoms with Crippen molar-refractivity contribution in [3.8, 4) is 0 Å². The Balaban J connectivity index is 2.22. The smallest absolute Gasteiger partial charge is 0.129 e. The lowest BCUT2D eigenvalue weighted by Crippen LogP contribution is -2.22. The van der Waals surface area contributed by atoms with Crippen LogP contribution in [0.2, 0.25) is 5.02 Å². The minimum atomic E-state index is -0.0446. The number of aliphatic hydroxyl groups excluding tert-OH is 1. The van der Waals surface area contributed by atoms with E-state index in [1.807, 2.05) is 49.5 Å². The lowest BCUT2D eigenvalue weighted by atomic mass is 10.1. The van der Waals surface area contributed by atoms with E-state index >= 15 is 0 Å². The number of rotatable bonds is 4. The summed E-state index contributed by atoms with van der Waals surface area (Å²) in [4.78, 5) is 6.48. The van der Waals surface area contributed by atoms with E-state index in [2.05, 4.69) is 16.8 Å². The third-order valence-electron chi connectivity index (χ3n) is 3.25. The highest BCUT2D eigenvalue weighted by Crippen LogP contribution is 2.24. The summed E-state index contributed by atoms with van der Waals surface area (Å²) in [5.74, 6) is 0.842. The number of aromatic nitrogens is 1. The molecule has 0 radical (unpaired) electrons. The van der Waals surface area contributed by atoms with Crippen LogP contribution in [-0.4, -0.2) is 17.1 Å². The Bertz CT molecular complexity index is 542. The first-order chi connectivity index (χ1) is 9.11. The van der Waals surface area contributed by atoms with E-state index in [0.29, 0.717) is 5.69 Å². The van der Waals surface area contributed by atoms with Gasteiger partial charge in [-0.2, -0.15) is 0 Å². The second-order valence-electron chi connectivity index (χ2n) is 4.48. The van der Waals surface area contributed by atoms with E-state index < -0.39 is 0 Å². The fourth-order valence-electron chi connectivity index (χ4n) is 1.91. The third kappa shape index (κ3) is 3.25. The van der Waals surface area contributed by atoms with Crippen molar-refractivity contribution in [2.75, 3.05) is 11.9 Å². The highest BCUT2D eigenvalue weighted by atomic mass is 35.5. The number of nitrogens with zero attached hydrogens (tertiary/aromatic N) is 2. The molecule has 0 aliphatic rings. The maximum atomic E-state index is 9.13. The van der Waals surface area contributed by atoms with Crippen molar-refractivity contribution in [2.45, 2.75) is 19.6 Å². The third-order valence-corrected chi connectivity index (χ3v) is 3.50. The molecular weight excluding hydrogens is 260 g/mol. The van der Waals surface area contributed by atoms with Crippen molar-refractivity contribution in [3.63, 3.8) is 0 Å². The van der Waals surface area contributed by atoms with Crippen LogP contribution in [0.4, 0.5) is 5.82 Å². The maximum Gasteiger partial charge on any atom is 0.129 e. The number of hydrogen-bond donors (Lipinski definition) is 1. The summed E-state index contributed by atoms with van der Waals surface area (Å²) in [6, 6.07) is 13.6. The van der Waals surface area contributed by atoms with Crippen molar-refractivity contribution in [2.24, 2.45) is 0 Å². The number of halogens is 1. The first-order valence-electron chi connectivity index (χ1n) is 6.17. The number of hydrogen-bond acceptors (Lipinski definition) is 3. The van der Waals surface area contributed by atoms with Gasteiger partial charge in [0.05, 0.1) is 18.3 Å². The lowest BCUT2D eigenvalue weighted by molar-refractivity contribution is 0.277. The fourth-order valence-corrected chi connectivity index (χ4v) is 2.04. The molecule has 1 N–H and O–H groups in total. The first-order valence-corrected chi connectivity index (χ1v) is 6.54. The summed E-state index contributed by atoms with van der Waals surface area (Å²) in [6.07, 6.45) is 0. The van der Waals surface area contributed by atoms with Gasteiger partial charge in [0.15, 0.2) is 0 Å². The van der Waals surface area contributed by atoms with Gasteiger partial charge in [0.1, 0.15) is 5.82 Å². The Morgan fingerprint density at radius 2 is 1.89 bits per heavy atom. The highest BCUT2D eigenvalue weighted by molar-refractivity contribution is 6.30. The molecule has 1 atom stereocenters. The van der Waals surface area contributed by atoms with Gasteiger partial charge in [-0.1, -0.05) is 29.8 Å². The Labute approximate surface area is 118 Å². The van der Waals surface area contributed by atoms with Gasteiger partial charge >= 0.3 is 0 Å². The van der Waals surface area contributed by atoms with Gasteiger partial charge in [-0.25, -0.2) is 4.98 Å². The zero-order valence-electron chi connectivity index (χ0n) is 11.0. The number of aliphatic hydroxyl groups is 1. The zero-order chi connectivity index (χ0) is 13.8. The van der Waals surface area contributed by atoms with Crippen LogP contribution in [0.5, 0.6) is 0 Å². The monoisotopic (exact) mass is 276 g/mol. The largest absolute Gasteiger partial charge is 0.390 e. The lowest BCUT2D eigenvalue weighted by Gasteiger charge is -2.26. The van der Waals surface area contributed by atoms with Gasteiger partial charge in [-0.3, -0.25) is 0 Å². The summed E-state index contributed by atoms with van der Waals surface area (Å²) < 4.78 is 0. The minimum absolute atomic E-state index is 0.0446. The summed E-state index contributed by atoms with van der Waals surface area (Å²) >= 11 is 5.90. The Morgan fingerprint density at radius 1 is 1.21 bits per heavy atom. The fraction of sp³-hybridized carbons (Fsp3) is 0.267. The quantitative estimate of drug-likeness (QED) is 0.929. The first kappa shape index (κ1) is 13.8. The number of anilines is 1. The molecule has 0 aliphatic heterocycles. The normalized spacial score (nSPS) is 12.2. The van der Waals surface area contributed by atoms with E-state index in [-0.39, 0.29) is 12.6 Å². The van der Waals surface area contributed by atoms with Crippen molar-refractivity contribution in [1.82, 2.24) is 4.98 Å². The van der Waals surface area contributed by atoms with E-state index in [4.69, 9.17) is 16.7 Å². The van der Waals surface area contributed by atoms with Crippen LogP contribution in [-0.2, 0) is 6.61 Å². The standard InChI is InChI=1S/C15H17ClN2O/c1-11(12-6-8-13(16)9-7-12)18(2)15-5-3-4-14(10-19)17-15/h3-9,11,19H,10H2,1-2H3. The molecule has 100 valence electrons. The van der Waals surface area contributed by atoms with Crippen LogP contribution >= 0.6 is 11.6 Å².